The lowest BCUT2D eigenvalue weighted by atomic mass is 10.1. The minimum Gasteiger partial charge on any atom is -0.497 e. The van der Waals surface area contributed by atoms with Gasteiger partial charge in [-0.2, -0.15) is 0 Å². The molecule has 0 radical (unpaired) electrons. The van der Waals surface area contributed by atoms with Crippen molar-refractivity contribution in [2.45, 2.75) is 6.54 Å². The molecule has 206 valence electrons. The van der Waals surface area contributed by atoms with E-state index in [0.717, 1.165) is 10.0 Å². The maximum absolute atomic E-state index is 13.9. The first kappa shape index (κ1) is 28.1. The Kier molecular flexibility index (Phi) is 8.76. The van der Waals surface area contributed by atoms with Gasteiger partial charge >= 0.3 is 0 Å². The molecule has 4 aromatic carbocycles. The van der Waals surface area contributed by atoms with Gasteiger partial charge in [0.25, 0.3) is 11.8 Å². The van der Waals surface area contributed by atoms with Crippen LogP contribution in [0.25, 0.3) is 6.08 Å². The molecule has 0 bridgehead atoms. The zero-order valence-corrected chi connectivity index (χ0v) is 24.5. The van der Waals surface area contributed by atoms with E-state index in [0.29, 0.717) is 45.8 Å². The van der Waals surface area contributed by atoms with E-state index >= 15 is 0 Å². The Morgan fingerprint density at radius 3 is 2.32 bits per heavy atom. The minimum absolute atomic E-state index is 0.207. The summed E-state index contributed by atoms with van der Waals surface area (Å²) in [6, 6.07) is 31.6. The van der Waals surface area contributed by atoms with Crippen molar-refractivity contribution >= 4 is 62.5 Å². The number of carbonyl (C=O) groups excluding carboxylic acids is 2. The molecular formula is C32H26BrN3O4S. The van der Waals surface area contributed by atoms with Gasteiger partial charge in [-0.3, -0.25) is 19.4 Å². The van der Waals surface area contributed by atoms with Gasteiger partial charge in [-0.25, -0.2) is 0 Å². The third-order valence-electron chi connectivity index (χ3n) is 6.32. The van der Waals surface area contributed by atoms with Crippen molar-refractivity contribution < 1.29 is 19.1 Å². The van der Waals surface area contributed by atoms with E-state index in [1.54, 1.807) is 41.2 Å². The molecule has 41 heavy (non-hydrogen) atoms. The minimum atomic E-state index is -0.301. The average molecular weight is 629 g/mol. The number of nitrogens with zero attached hydrogens (tertiary/aromatic N) is 2. The van der Waals surface area contributed by atoms with E-state index in [2.05, 4.69) is 21.2 Å². The van der Waals surface area contributed by atoms with Gasteiger partial charge in [-0.1, -0.05) is 64.5 Å². The first-order valence-electron chi connectivity index (χ1n) is 12.8. The van der Waals surface area contributed by atoms with Gasteiger partial charge in [0, 0.05) is 21.4 Å². The molecule has 1 fully saturated rings. The molecule has 5 rings (SSSR count). The lowest BCUT2D eigenvalue weighted by Gasteiger charge is -2.21. The molecule has 2 amide bonds. The topological polar surface area (TPSA) is 71.1 Å². The maximum Gasteiger partial charge on any atom is 0.277 e. The summed E-state index contributed by atoms with van der Waals surface area (Å²) in [6.07, 6.45) is 1.74. The number of amides is 2. The highest BCUT2D eigenvalue weighted by Crippen LogP contribution is 2.34. The van der Waals surface area contributed by atoms with Crippen LogP contribution in [-0.2, 0) is 16.1 Å². The van der Waals surface area contributed by atoms with Gasteiger partial charge in [0.15, 0.2) is 11.7 Å². The van der Waals surface area contributed by atoms with Gasteiger partial charge < -0.3 is 14.8 Å². The van der Waals surface area contributed by atoms with Crippen LogP contribution in [0.2, 0.25) is 0 Å². The standard InChI is InChI=1S/C32H26BrN3O4S/c1-39-27-15-13-26(14-16-27)36-28(31(38)35(32(36)41)20-22-8-4-2-5-9-22)19-23-18-24(33)12-17-29(23)40-21-30(37)34-25-10-6-3-7-11-25/h2-19H,20-21H2,1H3,(H,34,37). The maximum atomic E-state index is 13.9. The number of thiocarbonyl (C=S) groups is 1. The molecule has 4 aromatic rings. The summed E-state index contributed by atoms with van der Waals surface area (Å²) in [7, 11) is 1.60. The summed E-state index contributed by atoms with van der Waals surface area (Å²) >= 11 is 9.36. The lowest BCUT2D eigenvalue weighted by molar-refractivity contribution is -0.122. The Hall–Kier alpha value is -4.47. The third-order valence-corrected chi connectivity index (χ3v) is 7.22. The normalized spacial score (nSPS) is 14.0. The number of rotatable bonds is 9. The second-order valence-corrected chi connectivity index (χ2v) is 10.4. The molecule has 1 N–H and O–H groups in total. The predicted octanol–water partition coefficient (Wildman–Crippen LogP) is 6.65. The Morgan fingerprint density at radius 1 is 0.951 bits per heavy atom. The van der Waals surface area contributed by atoms with Crippen molar-refractivity contribution in [3.63, 3.8) is 0 Å². The van der Waals surface area contributed by atoms with Crippen LogP contribution in [0.15, 0.2) is 113 Å². The monoisotopic (exact) mass is 627 g/mol. The molecule has 1 aliphatic rings. The highest BCUT2D eigenvalue weighted by Gasteiger charge is 2.39. The number of benzene rings is 4. The van der Waals surface area contributed by atoms with Crippen molar-refractivity contribution in [3.8, 4) is 11.5 Å². The molecule has 1 saturated heterocycles. The molecule has 0 saturated carbocycles. The number of methoxy groups -OCH3 is 1. The summed E-state index contributed by atoms with van der Waals surface area (Å²) < 4.78 is 12.0. The lowest BCUT2D eigenvalue weighted by Crippen LogP contribution is -2.32. The number of ether oxygens (including phenoxy) is 2. The number of hydrogen-bond acceptors (Lipinski definition) is 5. The summed E-state index contributed by atoms with van der Waals surface area (Å²) in [6.45, 7) is 0.116. The number of nitrogens with one attached hydrogen (secondary N) is 1. The Labute approximate surface area is 252 Å². The van der Waals surface area contributed by atoms with E-state index in [9.17, 15) is 9.59 Å². The fourth-order valence-corrected chi connectivity index (χ4v) is 5.06. The number of anilines is 2. The van der Waals surface area contributed by atoms with Crippen molar-refractivity contribution in [2.75, 3.05) is 23.9 Å². The van der Waals surface area contributed by atoms with E-state index in [-0.39, 0.29) is 18.4 Å². The Bertz CT molecular complexity index is 1590. The van der Waals surface area contributed by atoms with Gasteiger partial charge in [0.1, 0.15) is 17.2 Å². The first-order valence-corrected chi connectivity index (χ1v) is 14.0. The summed E-state index contributed by atoms with van der Waals surface area (Å²) in [4.78, 5) is 29.8. The molecule has 1 heterocycles. The van der Waals surface area contributed by atoms with E-state index in [4.69, 9.17) is 21.7 Å². The number of hydrogen-bond donors (Lipinski definition) is 1. The van der Waals surface area contributed by atoms with Crippen LogP contribution in [0.1, 0.15) is 11.1 Å². The Balaban J connectivity index is 1.47. The second-order valence-electron chi connectivity index (χ2n) is 9.11. The van der Waals surface area contributed by atoms with Crippen LogP contribution in [0.4, 0.5) is 11.4 Å². The van der Waals surface area contributed by atoms with Crippen LogP contribution in [0, 0.1) is 0 Å². The van der Waals surface area contributed by atoms with E-state index in [1.165, 1.54) is 0 Å². The van der Waals surface area contributed by atoms with Crippen LogP contribution in [0.3, 0.4) is 0 Å². The predicted molar refractivity (Wildman–Crippen MR) is 168 cm³/mol. The Morgan fingerprint density at radius 2 is 1.63 bits per heavy atom. The quantitative estimate of drug-likeness (QED) is 0.165. The highest BCUT2D eigenvalue weighted by atomic mass is 79.9. The van der Waals surface area contributed by atoms with E-state index < -0.39 is 0 Å². The van der Waals surface area contributed by atoms with Crippen LogP contribution >= 0.6 is 28.1 Å². The molecule has 0 aliphatic carbocycles. The summed E-state index contributed by atoms with van der Waals surface area (Å²) in [5.41, 5.74) is 3.31. The smallest absolute Gasteiger partial charge is 0.277 e. The van der Waals surface area contributed by atoms with Gasteiger partial charge in [-0.05, 0) is 78.5 Å². The number of para-hydroxylation sites is 1. The highest BCUT2D eigenvalue weighted by molar-refractivity contribution is 9.10. The largest absolute Gasteiger partial charge is 0.497 e. The SMILES string of the molecule is COc1ccc(N2C(=S)N(Cc3ccccc3)C(=O)C2=Cc2cc(Br)ccc2OCC(=O)Nc2ccccc2)cc1. The number of carbonyl (C=O) groups is 2. The summed E-state index contributed by atoms with van der Waals surface area (Å²) in [5.74, 6) is 0.583. The zero-order chi connectivity index (χ0) is 28.8. The number of halogens is 1. The fraction of sp³-hybridized carbons (Fsp3) is 0.0938. The second kappa shape index (κ2) is 12.8. The first-order chi connectivity index (χ1) is 19.9. The molecule has 0 atom stereocenters. The van der Waals surface area contributed by atoms with Gasteiger partial charge in [-0.15, -0.1) is 0 Å². The summed E-state index contributed by atoms with van der Waals surface area (Å²) in [5, 5.41) is 3.17. The third kappa shape index (κ3) is 6.65. The van der Waals surface area contributed by atoms with Gasteiger partial charge in [0.05, 0.1) is 13.7 Å². The van der Waals surface area contributed by atoms with Crippen LogP contribution in [-0.4, -0.2) is 35.5 Å². The molecule has 9 heteroatoms. The van der Waals surface area contributed by atoms with Gasteiger partial charge in [0.2, 0.25) is 0 Å². The average Bonchev–Trinajstić information content (AvgIpc) is 3.22. The van der Waals surface area contributed by atoms with E-state index in [1.807, 2.05) is 84.9 Å². The molecule has 1 aliphatic heterocycles. The molecule has 7 nitrogen and oxygen atoms in total. The van der Waals surface area contributed by atoms with Crippen LogP contribution in [0.5, 0.6) is 11.5 Å². The van der Waals surface area contributed by atoms with Crippen LogP contribution < -0.4 is 19.7 Å². The molecule has 0 unspecified atom stereocenters. The molecule has 0 aromatic heterocycles. The van der Waals surface area contributed by atoms with Crippen molar-refractivity contribution in [3.05, 3.63) is 124 Å². The van der Waals surface area contributed by atoms with Crippen molar-refractivity contribution in [2.24, 2.45) is 0 Å². The molecule has 0 spiro atoms. The van der Waals surface area contributed by atoms with Crippen molar-refractivity contribution in [1.82, 2.24) is 4.90 Å². The fourth-order valence-electron chi connectivity index (χ4n) is 4.33. The zero-order valence-electron chi connectivity index (χ0n) is 22.1. The van der Waals surface area contributed by atoms with Crippen molar-refractivity contribution in [1.29, 1.82) is 0 Å². The molecular weight excluding hydrogens is 602 g/mol.